The number of para-hydroxylation sites is 1. The molecular formula is C14H18BrNO2. The lowest BCUT2D eigenvalue weighted by molar-refractivity contribution is -0.145. The summed E-state index contributed by atoms with van der Waals surface area (Å²) < 4.78 is 0.906. The lowest BCUT2D eigenvalue weighted by Gasteiger charge is -2.40. The molecule has 1 aliphatic carbocycles. The van der Waals surface area contributed by atoms with Gasteiger partial charge in [0.15, 0.2) is 0 Å². The van der Waals surface area contributed by atoms with Gasteiger partial charge in [0.1, 0.15) is 5.54 Å². The van der Waals surface area contributed by atoms with Gasteiger partial charge >= 0.3 is 5.97 Å². The topological polar surface area (TPSA) is 49.3 Å². The summed E-state index contributed by atoms with van der Waals surface area (Å²) in [6.45, 7) is 2.02. The maximum absolute atomic E-state index is 11.7. The Balaban J connectivity index is 2.32. The molecule has 4 heteroatoms. The van der Waals surface area contributed by atoms with E-state index in [1.165, 1.54) is 0 Å². The molecular weight excluding hydrogens is 294 g/mol. The van der Waals surface area contributed by atoms with Crippen LogP contribution in [0.2, 0.25) is 0 Å². The van der Waals surface area contributed by atoms with Crippen LogP contribution in [-0.2, 0) is 4.79 Å². The predicted molar refractivity (Wildman–Crippen MR) is 75.8 cm³/mol. The van der Waals surface area contributed by atoms with E-state index in [0.29, 0.717) is 6.42 Å². The number of rotatable bonds is 3. The summed E-state index contributed by atoms with van der Waals surface area (Å²) in [7, 11) is 0. The number of hydrogen-bond acceptors (Lipinski definition) is 2. The molecule has 98 valence electrons. The Labute approximate surface area is 116 Å². The Hall–Kier alpha value is -1.03. The van der Waals surface area contributed by atoms with Gasteiger partial charge in [-0.15, -0.1) is 0 Å². The quantitative estimate of drug-likeness (QED) is 0.890. The first-order valence-electron chi connectivity index (χ1n) is 6.32. The van der Waals surface area contributed by atoms with Crippen molar-refractivity contribution in [2.24, 2.45) is 5.92 Å². The zero-order chi connectivity index (χ0) is 13.2. The molecule has 2 N–H and O–H groups in total. The van der Waals surface area contributed by atoms with E-state index in [1.807, 2.05) is 31.2 Å². The second-order valence-corrected chi connectivity index (χ2v) is 5.88. The first kappa shape index (κ1) is 13.4. The van der Waals surface area contributed by atoms with Crippen LogP contribution in [0.4, 0.5) is 5.69 Å². The van der Waals surface area contributed by atoms with Gasteiger partial charge in [0.2, 0.25) is 0 Å². The van der Waals surface area contributed by atoms with Gasteiger partial charge in [-0.25, -0.2) is 4.79 Å². The highest BCUT2D eigenvalue weighted by atomic mass is 79.9. The van der Waals surface area contributed by atoms with Gasteiger partial charge in [-0.05, 0) is 46.8 Å². The predicted octanol–water partition coefficient (Wildman–Crippen LogP) is 3.89. The van der Waals surface area contributed by atoms with Gasteiger partial charge in [0.05, 0.1) is 0 Å². The average Bonchev–Trinajstić information content (AvgIpc) is 2.34. The van der Waals surface area contributed by atoms with Crippen molar-refractivity contribution in [1.82, 2.24) is 0 Å². The van der Waals surface area contributed by atoms with Crippen molar-refractivity contribution < 1.29 is 9.90 Å². The van der Waals surface area contributed by atoms with Crippen LogP contribution in [0.1, 0.15) is 32.6 Å². The number of anilines is 1. The van der Waals surface area contributed by atoms with E-state index in [1.54, 1.807) is 0 Å². The summed E-state index contributed by atoms with van der Waals surface area (Å²) in [5.74, 6) is -0.610. The fourth-order valence-electron chi connectivity index (χ4n) is 2.71. The van der Waals surface area contributed by atoms with Gasteiger partial charge in [0, 0.05) is 10.2 Å². The number of carboxylic acid groups (broad SMARTS) is 1. The van der Waals surface area contributed by atoms with Gasteiger partial charge in [-0.3, -0.25) is 0 Å². The molecule has 3 nitrogen and oxygen atoms in total. The Kier molecular flexibility index (Phi) is 3.95. The summed E-state index contributed by atoms with van der Waals surface area (Å²) in [6.07, 6.45) is 3.73. The fraction of sp³-hybridized carbons (Fsp3) is 0.500. The second kappa shape index (κ2) is 5.31. The lowest BCUT2D eigenvalue weighted by Crippen LogP contribution is -2.53. The van der Waals surface area contributed by atoms with E-state index in [9.17, 15) is 9.90 Å². The van der Waals surface area contributed by atoms with Gasteiger partial charge in [0.25, 0.3) is 0 Å². The van der Waals surface area contributed by atoms with E-state index >= 15 is 0 Å². The molecule has 18 heavy (non-hydrogen) atoms. The standard InChI is InChI=1S/C14H18BrNO2/c1-10-6-4-5-9-14(10,13(17)18)16-12-8-3-2-7-11(12)15/h2-3,7-8,10,16H,4-6,9H2,1H3,(H,17,18). The molecule has 1 saturated carbocycles. The molecule has 1 aromatic rings. The Morgan fingerprint density at radius 1 is 1.44 bits per heavy atom. The van der Waals surface area contributed by atoms with Crippen molar-refractivity contribution >= 4 is 27.6 Å². The highest BCUT2D eigenvalue weighted by Gasteiger charge is 2.45. The van der Waals surface area contributed by atoms with Gasteiger partial charge in [-0.2, -0.15) is 0 Å². The average molecular weight is 312 g/mol. The first-order chi connectivity index (χ1) is 8.56. The summed E-state index contributed by atoms with van der Waals surface area (Å²) in [4.78, 5) is 11.7. The minimum atomic E-state index is -0.831. The van der Waals surface area contributed by atoms with Crippen molar-refractivity contribution in [3.05, 3.63) is 28.7 Å². The van der Waals surface area contributed by atoms with Crippen molar-refractivity contribution in [1.29, 1.82) is 0 Å². The third-order valence-corrected chi connectivity index (χ3v) is 4.60. The maximum atomic E-state index is 11.7. The fourth-order valence-corrected chi connectivity index (χ4v) is 3.09. The van der Waals surface area contributed by atoms with Crippen LogP contribution in [0.15, 0.2) is 28.7 Å². The molecule has 0 aromatic heterocycles. The number of benzene rings is 1. The van der Waals surface area contributed by atoms with Crippen LogP contribution < -0.4 is 5.32 Å². The van der Waals surface area contributed by atoms with Crippen LogP contribution in [-0.4, -0.2) is 16.6 Å². The number of carbonyl (C=O) groups is 1. The zero-order valence-corrected chi connectivity index (χ0v) is 12.0. The molecule has 0 spiro atoms. The first-order valence-corrected chi connectivity index (χ1v) is 7.11. The van der Waals surface area contributed by atoms with Crippen molar-refractivity contribution in [2.45, 2.75) is 38.1 Å². The highest BCUT2D eigenvalue weighted by molar-refractivity contribution is 9.10. The van der Waals surface area contributed by atoms with Crippen LogP contribution >= 0.6 is 15.9 Å². The third kappa shape index (κ3) is 2.39. The molecule has 1 aromatic carbocycles. The molecule has 0 amide bonds. The van der Waals surface area contributed by atoms with E-state index < -0.39 is 11.5 Å². The molecule has 0 heterocycles. The third-order valence-electron chi connectivity index (χ3n) is 3.91. The summed E-state index contributed by atoms with van der Waals surface area (Å²) in [6, 6.07) is 7.67. The molecule has 0 saturated heterocycles. The monoisotopic (exact) mass is 311 g/mol. The second-order valence-electron chi connectivity index (χ2n) is 5.03. The maximum Gasteiger partial charge on any atom is 0.329 e. The highest BCUT2D eigenvalue weighted by Crippen LogP contribution is 2.38. The van der Waals surface area contributed by atoms with E-state index in [-0.39, 0.29) is 5.92 Å². The molecule has 0 radical (unpaired) electrons. The van der Waals surface area contributed by atoms with Crippen molar-refractivity contribution in [3.63, 3.8) is 0 Å². The van der Waals surface area contributed by atoms with Crippen LogP contribution in [0.5, 0.6) is 0 Å². The lowest BCUT2D eigenvalue weighted by atomic mass is 9.73. The van der Waals surface area contributed by atoms with Crippen molar-refractivity contribution in [3.8, 4) is 0 Å². The number of aliphatic carboxylic acids is 1. The van der Waals surface area contributed by atoms with E-state index in [4.69, 9.17) is 0 Å². The molecule has 0 bridgehead atoms. The molecule has 2 rings (SSSR count). The van der Waals surface area contributed by atoms with Gasteiger partial charge in [-0.1, -0.05) is 31.9 Å². The number of carboxylic acids is 1. The largest absolute Gasteiger partial charge is 0.479 e. The normalized spacial score (nSPS) is 27.8. The summed E-state index contributed by atoms with van der Waals surface area (Å²) in [5, 5.41) is 12.9. The zero-order valence-electron chi connectivity index (χ0n) is 10.4. The SMILES string of the molecule is CC1CCCCC1(Nc1ccccc1Br)C(=O)O. The Morgan fingerprint density at radius 3 is 2.78 bits per heavy atom. The number of nitrogens with one attached hydrogen (secondary N) is 1. The molecule has 2 atom stereocenters. The molecule has 1 fully saturated rings. The minimum Gasteiger partial charge on any atom is -0.479 e. The number of hydrogen-bond donors (Lipinski definition) is 2. The summed E-state index contributed by atoms with van der Waals surface area (Å²) in [5.41, 5.74) is 0.0240. The van der Waals surface area contributed by atoms with Crippen molar-refractivity contribution in [2.75, 3.05) is 5.32 Å². The molecule has 1 aliphatic rings. The van der Waals surface area contributed by atoms with Crippen LogP contribution in [0.25, 0.3) is 0 Å². The summed E-state index contributed by atoms with van der Waals surface area (Å²) >= 11 is 3.46. The Morgan fingerprint density at radius 2 is 2.17 bits per heavy atom. The van der Waals surface area contributed by atoms with E-state index in [0.717, 1.165) is 29.4 Å². The van der Waals surface area contributed by atoms with Gasteiger partial charge < -0.3 is 10.4 Å². The van der Waals surface area contributed by atoms with Crippen LogP contribution in [0, 0.1) is 5.92 Å². The van der Waals surface area contributed by atoms with Crippen LogP contribution in [0.3, 0.4) is 0 Å². The van der Waals surface area contributed by atoms with E-state index in [2.05, 4.69) is 21.2 Å². The Bertz CT molecular complexity index is 449. The smallest absolute Gasteiger partial charge is 0.329 e. The number of halogens is 1. The molecule has 2 unspecified atom stereocenters. The molecule has 0 aliphatic heterocycles. The minimum absolute atomic E-state index is 0.135.